The van der Waals surface area contributed by atoms with Crippen LogP contribution in [-0.4, -0.2) is 43.4 Å². The van der Waals surface area contributed by atoms with Gasteiger partial charge in [0.25, 0.3) is 5.91 Å². The third-order valence-corrected chi connectivity index (χ3v) is 5.12. The normalized spacial score (nSPS) is 17.6. The molecule has 1 aliphatic heterocycles. The molecule has 0 aliphatic carbocycles. The Balaban J connectivity index is 1.50. The van der Waals surface area contributed by atoms with Gasteiger partial charge in [-0.3, -0.25) is 9.78 Å². The van der Waals surface area contributed by atoms with Gasteiger partial charge in [-0.1, -0.05) is 6.07 Å². The highest BCUT2D eigenvalue weighted by atomic mass is 32.1. The van der Waals surface area contributed by atoms with E-state index in [0.717, 1.165) is 30.9 Å². The molecule has 1 aliphatic rings. The number of carbonyl (C=O) groups is 1. The lowest BCUT2D eigenvalue weighted by Gasteiger charge is -2.32. The minimum Gasteiger partial charge on any atom is -0.337 e. The zero-order valence-corrected chi connectivity index (χ0v) is 14.6. The van der Waals surface area contributed by atoms with Crippen molar-refractivity contribution in [2.24, 2.45) is 0 Å². The second-order valence-electron chi connectivity index (χ2n) is 6.20. The first-order valence-corrected chi connectivity index (χ1v) is 9.34. The van der Waals surface area contributed by atoms with E-state index in [-0.39, 0.29) is 11.8 Å². The number of aromatic nitrogens is 4. The molecular formula is C18H19N5OS. The van der Waals surface area contributed by atoms with Crippen molar-refractivity contribution in [1.82, 2.24) is 24.4 Å². The molecule has 3 aromatic rings. The number of pyridine rings is 1. The van der Waals surface area contributed by atoms with E-state index in [0.29, 0.717) is 18.8 Å². The van der Waals surface area contributed by atoms with Gasteiger partial charge in [0.1, 0.15) is 11.5 Å². The van der Waals surface area contributed by atoms with E-state index in [1.165, 1.54) is 11.3 Å². The number of rotatable bonds is 4. The molecule has 1 saturated heterocycles. The van der Waals surface area contributed by atoms with Crippen molar-refractivity contribution < 1.29 is 4.79 Å². The molecule has 1 atom stereocenters. The lowest BCUT2D eigenvalue weighted by Crippen LogP contribution is -2.40. The van der Waals surface area contributed by atoms with Gasteiger partial charge in [-0.05, 0) is 25.0 Å². The van der Waals surface area contributed by atoms with Crippen LogP contribution in [-0.2, 0) is 6.54 Å². The number of hydrogen-bond donors (Lipinski definition) is 0. The summed E-state index contributed by atoms with van der Waals surface area (Å²) in [5.74, 6) is 1.30. The first-order valence-electron chi connectivity index (χ1n) is 8.39. The average Bonchev–Trinajstić information content (AvgIpc) is 3.34. The number of amides is 1. The minimum atomic E-state index is 0.0220. The van der Waals surface area contributed by atoms with Crippen LogP contribution in [0.15, 0.2) is 47.7 Å². The van der Waals surface area contributed by atoms with Gasteiger partial charge in [0.05, 0.1) is 17.7 Å². The largest absolute Gasteiger partial charge is 0.337 e. The van der Waals surface area contributed by atoms with E-state index >= 15 is 0 Å². The quantitative estimate of drug-likeness (QED) is 0.723. The Labute approximate surface area is 150 Å². The van der Waals surface area contributed by atoms with Crippen molar-refractivity contribution in [3.8, 4) is 0 Å². The van der Waals surface area contributed by atoms with Crippen molar-refractivity contribution in [1.29, 1.82) is 0 Å². The van der Waals surface area contributed by atoms with Crippen LogP contribution in [0.3, 0.4) is 0 Å². The van der Waals surface area contributed by atoms with Crippen LogP contribution in [0.4, 0.5) is 0 Å². The SMILES string of the molecule is O=C(c1cscn1)N1CCCC(c2nccn2Cc2ccccn2)C1. The van der Waals surface area contributed by atoms with Crippen molar-refractivity contribution in [2.75, 3.05) is 13.1 Å². The lowest BCUT2D eigenvalue weighted by atomic mass is 9.97. The van der Waals surface area contributed by atoms with Gasteiger partial charge in [-0.25, -0.2) is 9.97 Å². The summed E-state index contributed by atoms with van der Waals surface area (Å²) >= 11 is 1.45. The van der Waals surface area contributed by atoms with Gasteiger partial charge in [-0.15, -0.1) is 11.3 Å². The summed E-state index contributed by atoms with van der Waals surface area (Å²) in [4.78, 5) is 27.6. The minimum absolute atomic E-state index is 0.0220. The molecule has 0 aromatic carbocycles. The van der Waals surface area contributed by atoms with Crippen LogP contribution < -0.4 is 0 Å². The van der Waals surface area contributed by atoms with Gasteiger partial charge in [0.2, 0.25) is 0 Å². The molecule has 1 unspecified atom stereocenters. The van der Waals surface area contributed by atoms with Gasteiger partial charge in [0.15, 0.2) is 0 Å². The van der Waals surface area contributed by atoms with Gasteiger partial charge < -0.3 is 9.47 Å². The maximum atomic E-state index is 12.6. The number of imidazole rings is 1. The molecule has 4 rings (SSSR count). The number of likely N-dealkylation sites (tertiary alicyclic amines) is 1. The number of hydrogen-bond acceptors (Lipinski definition) is 5. The van der Waals surface area contributed by atoms with Crippen LogP contribution in [0.1, 0.15) is 40.8 Å². The molecule has 7 heteroatoms. The maximum absolute atomic E-state index is 12.6. The summed E-state index contributed by atoms with van der Waals surface area (Å²) in [5.41, 5.74) is 3.25. The van der Waals surface area contributed by atoms with Crippen LogP contribution in [0.5, 0.6) is 0 Å². The molecule has 1 amide bonds. The van der Waals surface area contributed by atoms with Crippen molar-refractivity contribution in [3.63, 3.8) is 0 Å². The zero-order chi connectivity index (χ0) is 17.1. The predicted molar refractivity (Wildman–Crippen MR) is 95.6 cm³/mol. The molecule has 0 radical (unpaired) electrons. The highest BCUT2D eigenvalue weighted by Crippen LogP contribution is 2.27. The van der Waals surface area contributed by atoms with Crippen molar-refractivity contribution in [2.45, 2.75) is 25.3 Å². The summed E-state index contributed by atoms with van der Waals surface area (Å²) < 4.78 is 2.14. The zero-order valence-electron chi connectivity index (χ0n) is 13.8. The molecule has 4 heterocycles. The highest BCUT2D eigenvalue weighted by molar-refractivity contribution is 7.07. The molecule has 0 saturated carbocycles. The number of thiazole rings is 1. The maximum Gasteiger partial charge on any atom is 0.273 e. The fourth-order valence-electron chi connectivity index (χ4n) is 3.33. The van der Waals surface area contributed by atoms with E-state index in [1.54, 1.807) is 11.7 Å². The van der Waals surface area contributed by atoms with Crippen LogP contribution in [0.25, 0.3) is 0 Å². The van der Waals surface area contributed by atoms with Crippen LogP contribution in [0, 0.1) is 0 Å². The predicted octanol–water partition coefficient (Wildman–Crippen LogP) is 2.80. The molecule has 0 N–H and O–H groups in total. The van der Waals surface area contributed by atoms with E-state index < -0.39 is 0 Å². The Hall–Kier alpha value is -2.54. The summed E-state index contributed by atoms with van der Waals surface area (Å²) in [6.07, 6.45) is 7.66. The van der Waals surface area contributed by atoms with Crippen LogP contribution in [0.2, 0.25) is 0 Å². The highest BCUT2D eigenvalue weighted by Gasteiger charge is 2.28. The third kappa shape index (κ3) is 3.46. The second kappa shape index (κ2) is 7.14. The van der Waals surface area contributed by atoms with E-state index in [4.69, 9.17) is 0 Å². The molecule has 1 fully saturated rings. The van der Waals surface area contributed by atoms with Gasteiger partial charge >= 0.3 is 0 Å². The average molecular weight is 353 g/mol. The molecule has 25 heavy (non-hydrogen) atoms. The first kappa shape index (κ1) is 16.0. The summed E-state index contributed by atoms with van der Waals surface area (Å²) in [6.45, 7) is 2.18. The fraction of sp³-hybridized carbons (Fsp3) is 0.333. The molecule has 0 spiro atoms. The first-order chi connectivity index (χ1) is 12.3. The molecule has 3 aromatic heterocycles. The number of piperidine rings is 1. The topological polar surface area (TPSA) is 63.9 Å². The van der Waals surface area contributed by atoms with Crippen LogP contribution >= 0.6 is 11.3 Å². The van der Waals surface area contributed by atoms with E-state index in [1.807, 2.05) is 40.9 Å². The van der Waals surface area contributed by atoms with E-state index in [9.17, 15) is 4.79 Å². The van der Waals surface area contributed by atoms with E-state index in [2.05, 4.69) is 19.5 Å². The summed E-state index contributed by atoms with van der Waals surface area (Å²) in [5, 5.41) is 1.81. The monoisotopic (exact) mass is 353 g/mol. The Bertz CT molecular complexity index is 830. The number of carbonyl (C=O) groups excluding carboxylic acids is 1. The summed E-state index contributed by atoms with van der Waals surface area (Å²) in [6, 6.07) is 5.93. The standard InChI is InChI=1S/C18H19N5OS/c24-18(16-12-25-13-21-16)23-8-3-4-14(10-23)17-20-7-9-22(17)11-15-5-1-2-6-19-15/h1-2,5-7,9,12-14H,3-4,8,10-11H2. The Morgan fingerprint density at radius 3 is 3.00 bits per heavy atom. The second-order valence-corrected chi connectivity index (χ2v) is 6.92. The van der Waals surface area contributed by atoms with Crippen molar-refractivity contribution >= 4 is 17.2 Å². The Kier molecular flexibility index (Phi) is 4.56. The Morgan fingerprint density at radius 2 is 2.20 bits per heavy atom. The number of nitrogens with zero attached hydrogens (tertiary/aromatic N) is 5. The van der Waals surface area contributed by atoms with Crippen molar-refractivity contribution in [3.05, 3.63) is 64.9 Å². The molecule has 0 bridgehead atoms. The van der Waals surface area contributed by atoms with Gasteiger partial charge in [-0.2, -0.15) is 0 Å². The smallest absolute Gasteiger partial charge is 0.273 e. The lowest BCUT2D eigenvalue weighted by molar-refractivity contribution is 0.0698. The molecule has 128 valence electrons. The Morgan fingerprint density at radius 1 is 1.24 bits per heavy atom. The van der Waals surface area contributed by atoms with Gasteiger partial charge in [0, 0.05) is 43.0 Å². The molecule has 6 nitrogen and oxygen atoms in total. The fourth-order valence-corrected chi connectivity index (χ4v) is 3.86. The third-order valence-electron chi connectivity index (χ3n) is 4.53. The molecular weight excluding hydrogens is 334 g/mol. The summed E-state index contributed by atoms with van der Waals surface area (Å²) in [7, 11) is 0.